The topological polar surface area (TPSA) is 44.8 Å². The molecule has 0 spiro atoms. The van der Waals surface area contributed by atoms with Crippen molar-refractivity contribution in [3.63, 3.8) is 0 Å². The molecule has 1 heterocycles. The highest BCUT2D eigenvalue weighted by Crippen LogP contribution is 2.16. The first-order chi connectivity index (χ1) is 12.4. The van der Waals surface area contributed by atoms with E-state index in [4.69, 9.17) is 4.74 Å². The fraction of sp³-hybridized carbons (Fsp3) is 0.571. The summed E-state index contributed by atoms with van der Waals surface area (Å²) in [5.74, 6) is 0.661. The Hall–Kier alpha value is -1.85. The van der Waals surface area contributed by atoms with Crippen molar-refractivity contribution >= 4 is 18.7 Å². The van der Waals surface area contributed by atoms with E-state index in [1.165, 1.54) is 25.9 Å². The number of nitrogens with one attached hydrogen (secondary N) is 1. The number of hydrogen-bond donors (Lipinski definition) is 1. The van der Waals surface area contributed by atoms with Crippen LogP contribution in [0.15, 0.2) is 12.1 Å². The van der Waals surface area contributed by atoms with Crippen LogP contribution in [0.5, 0.6) is 0 Å². The summed E-state index contributed by atoms with van der Waals surface area (Å²) in [4.78, 5) is 17.1. The first-order valence-corrected chi connectivity index (χ1v) is 9.38. The number of hydrogen-bond acceptors (Lipinski definition) is 4. The number of piperidine rings is 1. The molecule has 0 aliphatic carbocycles. The molecule has 144 valence electrons. The fourth-order valence-corrected chi connectivity index (χ4v) is 3.50. The molecule has 1 fully saturated rings. The predicted molar refractivity (Wildman–Crippen MR) is 107 cm³/mol. The second kappa shape index (κ2) is 9.74. The summed E-state index contributed by atoms with van der Waals surface area (Å²) < 4.78 is 4.99. The van der Waals surface area contributed by atoms with E-state index >= 15 is 0 Å². The normalized spacial score (nSPS) is 16.7. The number of ether oxygens (including phenoxy) is 1. The van der Waals surface area contributed by atoms with Crippen molar-refractivity contribution in [3.05, 3.63) is 33.7 Å². The Morgan fingerprint density at radius 1 is 1.42 bits per heavy atom. The molecular weight excluding hydrogens is 326 g/mol. The van der Waals surface area contributed by atoms with Gasteiger partial charge in [-0.05, 0) is 62.7 Å². The Morgan fingerprint density at radius 2 is 2.12 bits per heavy atom. The molecule has 0 unspecified atom stereocenters. The van der Waals surface area contributed by atoms with Gasteiger partial charge in [0.2, 0.25) is 0 Å². The van der Waals surface area contributed by atoms with Crippen LogP contribution in [0.2, 0.25) is 0 Å². The van der Waals surface area contributed by atoms with E-state index in [0.717, 1.165) is 28.5 Å². The van der Waals surface area contributed by atoms with Crippen LogP contribution in [0.25, 0.3) is 12.8 Å². The quantitative estimate of drug-likeness (QED) is 0.732. The summed E-state index contributed by atoms with van der Waals surface area (Å²) in [6, 6.07) is 3.78. The molecule has 1 N–H and O–H groups in total. The number of likely N-dealkylation sites (tertiary alicyclic amines) is 1. The van der Waals surface area contributed by atoms with E-state index in [2.05, 4.69) is 42.0 Å². The lowest BCUT2D eigenvalue weighted by atomic mass is 9.96. The van der Waals surface area contributed by atoms with Gasteiger partial charge in [0.15, 0.2) is 0 Å². The van der Waals surface area contributed by atoms with Crippen LogP contribution in [-0.2, 0) is 4.74 Å². The van der Waals surface area contributed by atoms with Crippen LogP contribution in [-0.4, -0.2) is 69.7 Å². The van der Waals surface area contributed by atoms with Crippen molar-refractivity contribution in [2.45, 2.75) is 19.8 Å². The molecule has 0 bridgehead atoms. The van der Waals surface area contributed by atoms with Gasteiger partial charge in [0.05, 0.1) is 6.61 Å². The average molecular weight is 360 g/mol. The highest BCUT2D eigenvalue weighted by Gasteiger charge is 2.17. The van der Waals surface area contributed by atoms with Gasteiger partial charge in [-0.3, -0.25) is 4.79 Å². The van der Waals surface area contributed by atoms with E-state index in [1.807, 2.05) is 19.1 Å². The SMILES string of the molecule is C=c1ccc(C(=O)NCCOC)c(C)/c1=C/N(C)CC1CCN(C)CC1. The second-order valence-electron chi connectivity index (χ2n) is 7.37. The molecule has 0 aromatic heterocycles. The monoisotopic (exact) mass is 359 g/mol. The summed E-state index contributed by atoms with van der Waals surface area (Å²) >= 11 is 0. The lowest BCUT2D eigenvalue weighted by molar-refractivity contribution is 0.0936. The standard InChI is InChI=1S/C21H33N3O2/c1-16-6-7-19(21(25)22-10-13-26-5)17(2)20(16)15-24(4)14-18-8-11-23(3)12-9-18/h6-7,15,18H,1,8-14H2,2-5H3,(H,22,25)/b20-15+. The minimum atomic E-state index is -0.0628. The van der Waals surface area contributed by atoms with Gasteiger partial charge in [-0.25, -0.2) is 0 Å². The fourth-order valence-electron chi connectivity index (χ4n) is 3.50. The van der Waals surface area contributed by atoms with E-state index in [9.17, 15) is 4.79 Å². The smallest absolute Gasteiger partial charge is 0.251 e. The first-order valence-electron chi connectivity index (χ1n) is 9.38. The average Bonchev–Trinajstić information content (AvgIpc) is 2.60. The minimum Gasteiger partial charge on any atom is -0.383 e. The van der Waals surface area contributed by atoms with Gasteiger partial charge in [0, 0.05) is 44.2 Å². The molecule has 26 heavy (non-hydrogen) atoms. The summed E-state index contributed by atoms with van der Waals surface area (Å²) in [5.41, 5.74) is 1.68. The molecule has 2 rings (SSSR count). The van der Waals surface area contributed by atoms with Crippen LogP contribution in [0.3, 0.4) is 0 Å². The van der Waals surface area contributed by atoms with Gasteiger partial charge in [-0.15, -0.1) is 0 Å². The van der Waals surface area contributed by atoms with E-state index < -0.39 is 0 Å². The van der Waals surface area contributed by atoms with Crippen molar-refractivity contribution in [1.82, 2.24) is 15.1 Å². The number of carbonyl (C=O) groups excluding carboxylic acids is 1. The number of benzene rings is 1. The number of amides is 1. The third-order valence-corrected chi connectivity index (χ3v) is 5.18. The van der Waals surface area contributed by atoms with Gasteiger partial charge < -0.3 is 19.9 Å². The number of carbonyl (C=O) groups is 1. The van der Waals surface area contributed by atoms with Crippen molar-refractivity contribution in [2.75, 3.05) is 54.0 Å². The van der Waals surface area contributed by atoms with Crippen LogP contribution < -0.4 is 15.8 Å². The second-order valence-corrected chi connectivity index (χ2v) is 7.37. The molecule has 5 nitrogen and oxygen atoms in total. The third-order valence-electron chi connectivity index (χ3n) is 5.18. The Balaban J connectivity index is 2.14. The summed E-state index contributed by atoms with van der Waals surface area (Å²) in [6.07, 6.45) is 4.63. The maximum Gasteiger partial charge on any atom is 0.251 e. The Morgan fingerprint density at radius 3 is 2.77 bits per heavy atom. The van der Waals surface area contributed by atoms with Gasteiger partial charge >= 0.3 is 0 Å². The Bertz CT molecular complexity index is 709. The molecule has 1 aliphatic heterocycles. The lowest BCUT2D eigenvalue weighted by Gasteiger charge is -2.31. The van der Waals surface area contributed by atoms with Gasteiger partial charge in [0.1, 0.15) is 0 Å². The number of nitrogens with zero attached hydrogens (tertiary/aromatic N) is 2. The molecule has 0 atom stereocenters. The van der Waals surface area contributed by atoms with Crippen molar-refractivity contribution in [2.24, 2.45) is 5.92 Å². The summed E-state index contributed by atoms with van der Waals surface area (Å²) in [6.45, 7) is 10.6. The van der Waals surface area contributed by atoms with Crippen LogP contribution in [0.4, 0.5) is 0 Å². The maximum absolute atomic E-state index is 12.4. The molecule has 1 aromatic rings. The van der Waals surface area contributed by atoms with Crippen molar-refractivity contribution < 1.29 is 9.53 Å². The molecule has 0 saturated carbocycles. The Kier molecular flexibility index (Phi) is 7.66. The minimum absolute atomic E-state index is 0.0628. The summed E-state index contributed by atoms with van der Waals surface area (Å²) in [7, 11) is 5.93. The molecule has 1 saturated heterocycles. The Labute approximate surface area is 157 Å². The molecule has 1 aliphatic rings. The van der Waals surface area contributed by atoms with Crippen molar-refractivity contribution in [1.29, 1.82) is 0 Å². The maximum atomic E-state index is 12.4. The third kappa shape index (κ3) is 5.58. The molecular formula is C21H33N3O2. The van der Waals surface area contributed by atoms with Crippen molar-refractivity contribution in [3.8, 4) is 0 Å². The molecule has 0 radical (unpaired) electrons. The zero-order chi connectivity index (χ0) is 19.1. The lowest BCUT2D eigenvalue weighted by Crippen LogP contribution is -2.37. The largest absolute Gasteiger partial charge is 0.383 e. The van der Waals surface area contributed by atoms with Crippen LogP contribution in [0, 0.1) is 12.8 Å². The van der Waals surface area contributed by atoms with E-state index in [0.29, 0.717) is 18.7 Å². The van der Waals surface area contributed by atoms with Gasteiger partial charge in [-0.1, -0.05) is 12.6 Å². The zero-order valence-electron chi connectivity index (χ0n) is 16.7. The van der Waals surface area contributed by atoms with Crippen LogP contribution in [0.1, 0.15) is 28.8 Å². The highest BCUT2D eigenvalue weighted by atomic mass is 16.5. The molecule has 1 aromatic carbocycles. The van der Waals surface area contributed by atoms with E-state index in [-0.39, 0.29) is 5.91 Å². The first kappa shape index (κ1) is 20.5. The summed E-state index contributed by atoms with van der Waals surface area (Å²) in [5, 5.41) is 4.89. The number of methoxy groups -OCH3 is 1. The number of rotatable bonds is 7. The van der Waals surface area contributed by atoms with Gasteiger partial charge in [-0.2, -0.15) is 0 Å². The zero-order valence-corrected chi connectivity index (χ0v) is 16.7. The van der Waals surface area contributed by atoms with Crippen LogP contribution >= 0.6 is 0 Å². The van der Waals surface area contributed by atoms with Gasteiger partial charge in [0.25, 0.3) is 5.91 Å². The predicted octanol–water partition coefficient (Wildman–Crippen LogP) is 0.793. The van der Waals surface area contributed by atoms with E-state index in [1.54, 1.807) is 7.11 Å². The molecule has 1 amide bonds. The highest BCUT2D eigenvalue weighted by molar-refractivity contribution is 5.95. The molecule has 5 heteroatoms.